The van der Waals surface area contributed by atoms with Crippen molar-refractivity contribution in [2.24, 2.45) is 5.41 Å². The monoisotopic (exact) mass is 277 g/mol. The van der Waals surface area contributed by atoms with Gasteiger partial charge in [0, 0.05) is 30.5 Å². The molecule has 1 spiro atoms. The number of hydrogen-bond donors (Lipinski definition) is 2. The minimum atomic E-state index is 0.343. The molecule has 3 unspecified atom stereocenters. The summed E-state index contributed by atoms with van der Waals surface area (Å²) in [5, 5.41) is 3.85. The molecule has 2 aliphatic carbocycles. The van der Waals surface area contributed by atoms with Crippen molar-refractivity contribution in [2.75, 3.05) is 6.61 Å². The van der Waals surface area contributed by atoms with E-state index >= 15 is 0 Å². The second-order valence-electron chi connectivity index (χ2n) is 6.27. The number of hydrogen-bond acceptors (Lipinski definition) is 3. The summed E-state index contributed by atoms with van der Waals surface area (Å²) in [4.78, 5) is 7.67. The van der Waals surface area contributed by atoms with Crippen LogP contribution in [-0.4, -0.2) is 28.7 Å². The second-order valence-corrected chi connectivity index (χ2v) is 6.27. The fraction of sp³-hybridized carbons (Fsp3) is 0.812. The molecule has 0 amide bonds. The van der Waals surface area contributed by atoms with Crippen LogP contribution in [0.3, 0.4) is 0 Å². The second kappa shape index (κ2) is 5.86. The molecule has 1 heterocycles. The van der Waals surface area contributed by atoms with E-state index in [-0.39, 0.29) is 0 Å². The van der Waals surface area contributed by atoms with Gasteiger partial charge in [-0.3, -0.25) is 0 Å². The van der Waals surface area contributed by atoms with Crippen molar-refractivity contribution in [3.05, 3.63) is 18.2 Å². The first-order chi connectivity index (χ1) is 9.80. The topological polar surface area (TPSA) is 49.9 Å². The maximum absolute atomic E-state index is 5.99. The van der Waals surface area contributed by atoms with E-state index in [2.05, 4.69) is 29.1 Å². The summed E-state index contributed by atoms with van der Waals surface area (Å²) < 4.78 is 5.99. The third-order valence-corrected chi connectivity index (χ3v) is 5.35. The summed E-state index contributed by atoms with van der Waals surface area (Å²) in [7, 11) is 0. The lowest BCUT2D eigenvalue weighted by Crippen LogP contribution is -2.63. The van der Waals surface area contributed by atoms with Crippen LogP contribution in [0, 0.1) is 5.41 Å². The number of nitrogens with zero attached hydrogens (tertiary/aromatic N) is 1. The smallest absolute Gasteiger partial charge is 0.123 e. The van der Waals surface area contributed by atoms with Gasteiger partial charge in [-0.2, -0.15) is 0 Å². The zero-order valence-corrected chi connectivity index (χ0v) is 12.7. The molecular weight excluding hydrogens is 250 g/mol. The fourth-order valence-electron chi connectivity index (χ4n) is 4.22. The Hall–Kier alpha value is -0.870. The standard InChI is InChI=1S/C16H27N3O/c1-3-12(15-17-9-10-18-15)19-13-11-14(20-4-2)16(13)7-5-6-8-16/h9-10,12-14,19H,3-8,11H2,1-2H3,(H,17,18). The van der Waals surface area contributed by atoms with E-state index in [9.17, 15) is 0 Å². The Labute approximate surface area is 121 Å². The molecule has 1 aromatic heterocycles. The zero-order valence-electron chi connectivity index (χ0n) is 12.7. The molecule has 0 aliphatic heterocycles. The van der Waals surface area contributed by atoms with E-state index in [4.69, 9.17) is 4.74 Å². The molecule has 4 nitrogen and oxygen atoms in total. The van der Waals surface area contributed by atoms with Crippen molar-refractivity contribution in [1.82, 2.24) is 15.3 Å². The van der Waals surface area contributed by atoms with Crippen LogP contribution in [0.2, 0.25) is 0 Å². The Kier molecular flexibility index (Phi) is 4.13. The highest BCUT2D eigenvalue weighted by Gasteiger charge is 2.56. The summed E-state index contributed by atoms with van der Waals surface area (Å²) in [5.41, 5.74) is 0.399. The van der Waals surface area contributed by atoms with Crippen molar-refractivity contribution >= 4 is 0 Å². The molecule has 4 heteroatoms. The average Bonchev–Trinajstić information content (AvgIpc) is 3.13. The maximum atomic E-state index is 5.99. The van der Waals surface area contributed by atoms with Crippen molar-refractivity contribution in [2.45, 2.75) is 70.6 Å². The SMILES string of the molecule is CCOC1CC(NC(CC)c2ncc[nH]2)C12CCCC2. The predicted octanol–water partition coefficient (Wildman–Crippen LogP) is 3.19. The van der Waals surface area contributed by atoms with Crippen LogP contribution in [0.1, 0.15) is 64.2 Å². The third-order valence-electron chi connectivity index (χ3n) is 5.35. The zero-order chi connectivity index (χ0) is 14.0. The largest absolute Gasteiger partial charge is 0.378 e. The number of aromatic amines is 1. The third kappa shape index (κ3) is 2.29. The normalized spacial score (nSPS) is 29.5. The number of nitrogens with one attached hydrogen (secondary N) is 2. The van der Waals surface area contributed by atoms with Crippen LogP contribution < -0.4 is 5.32 Å². The van der Waals surface area contributed by atoms with Crippen molar-refractivity contribution in [3.63, 3.8) is 0 Å². The number of imidazole rings is 1. The minimum Gasteiger partial charge on any atom is -0.378 e. The molecular formula is C16H27N3O. The summed E-state index contributed by atoms with van der Waals surface area (Å²) >= 11 is 0. The van der Waals surface area contributed by atoms with Gasteiger partial charge >= 0.3 is 0 Å². The van der Waals surface area contributed by atoms with Crippen LogP contribution in [-0.2, 0) is 4.74 Å². The Morgan fingerprint density at radius 2 is 2.25 bits per heavy atom. The van der Waals surface area contributed by atoms with Crippen LogP contribution in [0.4, 0.5) is 0 Å². The summed E-state index contributed by atoms with van der Waals surface area (Å²) in [6, 6.07) is 0.937. The van der Waals surface area contributed by atoms with Gasteiger partial charge in [0.2, 0.25) is 0 Å². The number of rotatable bonds is 6. The lowest BCUT2D eigenvalue weighted by Gasteiger charge is -2.55. The highest BCUT2D eigenvalue weighted by molar-refractivity contribution is 5.11. The fourth-order valence-corrected chi connectivity index (χ4v) is 4.22. The van der Waals surface area contributed by atoms with Gasteiger partial charge in [-0.1, -0.05) is 19.8 Å². The van der Waals surface area contributed by atoms with E-state index in [1.165, 1.54) is 25.7 Å². The van der Waals surface area contributed by atoms with E-state index in [1.807, 2.05) is 12.4 Å². The van der Waals surface area contributed by atoms with Crippen molar-refractivity contribution in [1.29, 1.82) is 0 Å². The molecule has 0 radical (unpaired) electrons. The molecule has 112 valence electrons. The molecule has 2 aliphatic rings. The first kappa shape index (κ1) is 14.1. The maximum Gasteiger partial charge on any atom is 0.123 e. The Bertz CT molecular complexity index is 411. The lowest BCUT2D eigenvalue weighted by atomic mass is 9.60. The van der Waals surface area contributed by atoms with Gasteiger partial charge in [-0.05, 0) is 32.6 Å². The molecule has 0 aromatic carbocycles. The molecule has 1 aromatic rings. The van der Waals surface area contributed by atoms with Gasteiger partial charge in [0.25, 0.3) is 0 Å². The van der Waals surface area contributed by atoms with Gasteiger partial charge in [0.15, 0.2) is 0 Å². The Morgan fingerprint density at radius 1 is 1.45 bits per heavy atom. The Morgan fingerprint density at radius 3 is 2.85 bits per heavy atom. The number of aromatic nitrogens is 2. The first-order valence-electron chi connectivity index (χ1n) is 8.17. The van der Waals surface area contributed by atoms with Crippen molar-refractivity contribution < 1.29 is 4.74 Å². The molecule has 2 N–H and O–H groups in total. The van der Waals surface area contributed by atoms with Gasteiger partial charge in [-0.25, -0.2) is 4.98 Å². The molecule has 3 atom stereocenters. The van der Waals surface area contributed by atoms with Crippen LogP contribution in [0.15, 0.2) is 12.4 Å². The molecule has 0 saturated heterocycles. The van der Waals surface area contributed by atoms with Crippen LogP contribution in [0.5, 0.6) is 0 Å². The first-order valence-corrected chi connectivity index (χ1v) is 8.17. The summed E-state index contributed by atoms with van der Waals surface area (Å²) in [5.74, 6) is 1.07. The molecule has 20 heavy (non-hydrogen) atoms. The minimum absolute atomic E-state index is 0.343. The van der Waals surface area contributed by atoms with E-state index in [0.717, 1.165) is 25.3 Å². The highest BCUT2D eigenvalue weighted by atomic mass is 16.5. The van der Waals surface area contributed by atoms with E-state index in [0.29, 0.717) is 23.6 Å². The summed E-state index contributed by atoms with van der Waals surface area (Å²) in [6.07, 6.45) is 11.8. The molecule has 0 bridgehead atoms. The highest BCUT2D eigenvalue weighted by Crippen LogP contribution is 2.55. The number of H-pyrrole nitrogens is 1. The molecule has 3 rings (SSSR count). The Balaban J connectivity index is 1.68. The molecule has 2 fully saturated rings. The lowest BCUT2D eigenvalue weighted by molar-refractivity contribution is -0.133. The van der Waals surface area contributed by atoms with Crippen molar-refractivity contribution in [3.8, 4) is 0 Å². The average molecular weight is 277 g/mol. The molecule has 2 saturated carbocycles. The van der Waals surface area contributed by atoms with Gasteiger partial charge in [0.1, 0.15) is 5.82 Å². The predicted molar refractivity (Wildman–Crippen MR) is 79.5 cm³/mol. The summed E-state index contributed by atoms with van der Waals surface area (Å²) in [6.45, 7) is 5.18. The van der Waals surface area contributed by atoms with Crippen LogP contribution in [0.25, 0.3) is 0 Å². The number of ether oxygens (including phenoxy) is 1. The van der Waals surface area contributed by atoms with E-state index in [1.54, 1.807) is 0 Å². The van der Waals surface area contributed by atoms with E-state index < -0.39 is 0 Å². The van der Waals surface area contributed by atoms with Crippen LogP contribution >= 0.6 is 0 Å². The van der Waals surface area contributed by atoms with Gasteiger partial charge in [0.05, 0.1) is 12.1 Å². The van der Waals surface area contributed by atoms with Gasteiger partial charge in [-0.15, -0.1) is 0 Å². The quantitative estimate of drug-likeness (QED) is 0.839. The van der Waals surface area contributed by atoms with Gasteiger partial charge < -0.3 is 15.0 Å².